The van der Waals surface area contributed by atoms with E-state index in [1.165, 1.54) is 17.4 Å². The third kappa shape index (κ3) is 4.66. The molecule has 1 aliphatic heterocycles. The fourth-order valence-corrected chi connectivity index (χ4v) is 4.32. The van der Waals surface area contributed by atoms with Crippen molar-refractivity contribution < 1.29 is 13.9 Å². The van der Waals surface area contributed by atoms with Gasteiger partial charge in [-0.25, -0.2) is 9.37 Å². The number of anilines is 1. The zero-order chi connectivity index (χ0) is 18.1. The number of carbonyl (C=O) groups is 1. The first kappa shape index (κ1) is 20.2. The monoisotopic (exact) mass is 411 g/mol. The van der Waals surface area contributed by atoms with Crippen LogP contribution in [0.15, 0.2) is 24.3 Å². The third-order valence-corrected chi connectivity index (χ3v) is 5.82. The van der Waals surface area contributed by atoms with Crippen molar-refractivity contribution in [1.82, 2.24) is 10.3 Å². The molecule has 2 fully saturated rings. The minimum atomic E-state index is -0.382. The van der Waals surface area contributed by atoms with Crippen LogP contribution in [0.5, 0.6) is 0 Å². The van der Waals surface area contributed by atoms with E-state index in [1.54, 1.807) is 12.1 Å². The molecule has 1 aromatic carbocycles. The maximum Gasteiger partial charge on any atom is 0.245 e. The fourth-order valence-electron chi connectivity index (χ4n) is 3.24. The van der Waals surface area contributed by atoms with E-state index in [-0.39, 0.29) is 36.3 Å². The number of amides is 1. The first-order valence-corrected chi connectivity index (χ1v) is 9.82. The van der Waals surface area contributed by atoms with Crippen LogP contribution < -0.4 is 10.6 Å². The van der Waals surface area contributed by atoms with Crippen LogP contribution in [-0.2, 0) is 16.0 Å². The zero-order valence-electron chi connectivity index (χ0n) is 15.0. The molecule has 146 valence electrons. The molecular weight excluding hydrogens is 389 g/mol. The Morgan fingerprint density at radius 2 is 2.19 bits per heavy atom. The van der Waals surface area contributed by atoms with Gasteiger partial charge in [0.1, 0.15) is 11.9 Å². The normalized spacial score (nSPS) is 22.1. The van der Waals surface area contributed by atoms with E-state index in [0.29, 0.717) is 36.2 Å². The van der Waals surface area contributed by atoms with E-state index in [2.05, 4.69) is 15.6 Å². The van der Waals surface area contributed by atoms with Crippen LogP contribution in [0.2, 0.25) is 0 Å². The highest BCUT2D eigenvalue weighted by Gasteiger charge is 2.32. The first-order valence-electron chi connectivity index (χ1n) is 9.00. The molecular formula is C19H23ClFN3O2S. The van der Waals surface area contributed by atoms with Crippen molar-refractivity contribution in [3.05, 3.63) is 46.2 Å². The molecule has 5 nitrogen and oxygen atoms in total. The molecule has 4 rings (SSSR count). The second-order valence-electron chi connectivity index (χ2n) is 6.87. The van der Waals surface area contributed by atoms with Gasteiger partial charge in [0.05, 0.1) is 18.4 Å². The molecule has 1 saturated heterocycles. The Morgan fingerprint density at radius 1 is 1.41 bits per heavy atom. The number of hydrogen-bond acceptors (Lipinski definition) is 5. The van der Waals surface area contributed by atoms with Crippen LogP contribution in [0.1, 0.15) is 41.8 Å². The number of morpholine rings is 1. The first-order chi connectivity index (χ1) is 12.6. The summed E-state index contributed by atoms with van der Waals surface area (Å²) in [6, 6.07) is 6.43. The van der Waals surface area contributed by atoms with Crippen molar-refractivity contribution in [2.24, 2.45) is 0 Å². The minimum Gasteiger partial charge on any atom is -0.375 e. The lowest BCUT2D eigenvalue weighted by Crippen LogP contribution is -2.53. The highest BCUT2D eigenvalue weighted by molar-refractivity contribution is 7.15. The lowest BCUT2D eigenvalue weighted by Gasteiger charge is -2.28. The molecule has 2 atom stereocenters. The number of thiazole rings is 1. The van der Waals surface area contributed by atoms with Gasteiger partial charge < -0.3 is 15.4 Å². The number of rotatable bonds is 5. The molecule has 2 aromatic rings. The molecule has 0 unspecified atom stereocenters. The summed E-state index contributed by atoms with van der Waals surface area (Å²) in [4.78, 5) is 18.2. The standard InChI is InChI=1S/C19H22FN3O2S.ClH/c1-11-16(21-8-9-25-11)18(24)23-19-22-17(12-6-7-12)15(26-19)10-13-4-2-3-5-14(13)20;/h2-5,11-12,16,21H,6-10H2,1H3,(H,22,23,24);1H/t11-,16+;/m1./s1. The van der Waals surface area contributed by atoms with Crippen molar-refractivity contribution in [2.45, 2.75) is 44.2 Å². The van der Waals surface area contributed by atoms with E-state index in [0.717, 1.165) is 23.4 Å². The fraction of sp³-hybridized carbons (Fsp3) is 0.474. The van der Waals surface area contributed by atoms with Crippen LogP contribution in [0.4, 0.5) is 9.52 Å². The summed E-state index contributed by atoms with van der Waals surface area (Å²) in [6.07, 6.45) is 2.55. The molecule has 2 aliphatic rings. The summed E-state index contributed by atoms with van der Waals surface area (Å²) in [5.74, 6) is 0.102. The molecule has 1 amide bonds. The van der Waals surface area contributed by atoms with Gasteiger partial charge in [0.15, 0.2) is 5.13 Å². The molecule has 1 aromatic heterocycles. The van der Waals surface area contributed by atoms with Crippen LogP contribution in [0.25, 0.3) is 0 Å². The van der Waals surface area contributed by atoms with E-state index in [1.807, 2.05) is 13.0 Å². The van der Waals surface area contributed by atoms with E-state index in [9.17, 15) is 9.18 Å². The minimum absolute atomic E-state index is 0. The lowest BCUT2D eigenvalue weighted by atomic mass is 10.1. The average Bonchev–Trinajstić information content (AvgIpc) is 3.40. The highest BCUT2D eigenvalue weighted by atomic mass is 35.5. The van der Waals surface area contributed by atoms with Gasteiger partial charge >= 0.3 is 0 Å². The number of benzene rings is 1. The summed E-state index contributed by atoms with van der Waals surface area (Å²) in [5.41, 5.74) is 1.67. The number of aromatic nitrogens is 1. The van der Waals surface area contributed by atoms with Gasteiger partial charge in [-0.3, -0.25) is 4.79 Å². The van der Waals surface area contributed by atoms with E-state index < -0.39 is 0 Å². The Hall–Kier alpha value is -1.54. The summed E-state index contributed by atoms with van der Waals surface area (Å²) in [7, 11) is 0. The molecule has 8 heteroatoms. The van der Waals surface area contributed by atoms with Crippen molar-refractivity contribution >= 4 is 34.8 Å². The van der Waals surface area contributed by atoms with E-state index in [4.69, 9.17) is 4.74 Å². The zero-order valence-corrected chi connectivity index (χ0v) is 16.7. The summed E-state index contributed by atoms with van der Waals surface area (Å²) in [6.45, 7) is 3.16. The molecule has 0 bridgehead atoms. The smallest absolute Gasteiger partial charge is 0.245 e. The molecule has 2 N–H and O–H groups in total. The molecule has 1 aliphatic carbocycles. The SMILES string of the molecule is C[C@H]1OCCN[C@@H]1C(=O)Nc1nc(C2CC2)c(Cc2ccccc2F)s1.Cl. The predicted octanol–water partition coefficient (Wildman–Crippen LogP) is 3.49. The van der Waals surface area contributed by atoms with Gasteiger partial charge in [0.2, 0.25) is 5.91 Å². The molecule has 1 saturated carbocycles. The quantitative estimate of drug-likeness (QED) is 0.790. The number of halogens is 2. The van der Waals surface area contributed by atoms with Crippen molar-refractivity contribution in [3.8, 4) is 0 Å². The van der Waals surface area contributed by atoms with Gasteiger partial charge in [-0.1, -0.05) is 18.2 Å². The van der Waals surface area contributed by atoms with Crippen molar-refractivity contribution in [3.63, 3.8) is 0 Å². The molecule has 0 spiro atoms. The highest BCUT2D eigenvalue weighted by Crippen LogP contribution is 2.44. The number of nitrogens with zero attached hydrogens (tertiary/aromatic N) is 1. The largest absolute Gasteiger partial charge is 0.375 e. The van der Waals surface area contributed by atoms with Gasteiger partial charge in [0, 0.05) is 23.8 Å². The van der Waals surface area contributed by atoms with Crippen LogP contribution in [-0.4, -0.2) is 36.2 Å². The second kappa shape index (κ2) is 8.65. The summed E-state index contributed by atoms with van der Waals surface area (Å²) < 4.78 is 19.6. The van der Waals surface area contributed by atoms with Gasteiger partial charge in [0.25, 0.3) is 0 Å². The van der Waals surface area contributed by atoms with Gasteiger partial charge in [-0.2, -0.15) is 0 Å². The summed E-state index contributed by atoms with van der Waals surface area (Å²) in [5, 5.41) is 6.69. The number of hydrogen-bond donors (Lipinski definition) is 2. The van der Waals surface area contributed by atoms with Crippen molar-refractivity contribution in [1.29, 1.82) is 0 Å². The second-order valence-corrected chi connectivity index (χ2v) is 7.95. The number of carbonyl (C=O) groups excluding carboxylic acids is 1. The van der Waals surface area contributed by atoms with Crippen LogP contribution in [0, 0.1) is 5.82 Å². The summed E-state index contributed by atoms with van der Waals surface area (Å²) >= 11 is 1.45. The molecule has 27 heavy (non-hydrogen) atoms. The number of nitrogens with one attached hydrogen (secondary N) is 2. The third-order valence-electron chi connectivity index (χ3n) is 4.83. The Kier molecular flexibility index (Phi) is 6.47. The van der Waals surface area contributed by atoms with Gasteiger partial charge in [-0.15, -0.1) is 23.7 Å². The Morgan fingerprint density at radius 3 is 2.89 bits per heavy atom. The number of ether oxygens (including phenoxy) is 1. The van der Waals surface area contributed by atoms with Gasteiger partial charge in [-0.05, 0) is 31.4 Å². The Bertz CT molecular complexity index is 812. The Balaban J connectivity index is 0.00000210. The molecule has 2 heterocycles. The lowest BCUT2D eigenvalue weighted by molar-refractivity contribution is -0.123. The average molecular weight is 412 g/mol. The maximum absolute atomic E-state index is 14.0. The van der Waals surface area contributed by atoms with Crippen LogP contribution >= 0.6 is 23.7 Å². The van der Waals surface area contributed by atoms with Crippen molar-refractivity contribution in [2.75, 3.05) is 18.5 Å². The van der Waals surface area contributed by atoms with Crippen LogP contribution in [0.3, 0.4) is 0 Å². The molecule has 0 radical (unpaired) electrons. The maximum atomic E-state index is 14.0. The topological polar surface area (TPSA) is 63.2 Å². The van der Waals surface area contributed by atoms with E-state index >= 15 is 0 Å². The Labute approximate surface area is 168 Å². The predicted molar refractivity (Wildman–Crippen MR) is 106 cm³/mol.